The molecule has 6 heteroatoms. The van der Waals surface area contributed by atoms with Crippen LogP contribution in [0.5, 0.6) is 11.8 Å². The van der Waals surface area contributed by atoms with Crippen molar-refractivity contribution in [3.05, 3.63) is 40.4 Å². The lowest BCUT2D eigenvalue weighted by molar-refractivity contribution is 0.403. The molecule has 6 nitrogen and oxygen atoms in total. The van der Waals surface area contributed by atoms with E-state index in [-0.39, 0.29) is 11.8 Å². The van der Waals surface area contributed by atoms with Crippen molar-refractivity contribution in [2.45, 2.75) is 12.8 Å². The molecule has 2 rings (SSSR count). The Morgan fingerprint density at radius 1 is 1.31 bits per heavy atom. The van der Waals surface area contributed by atoms with Crippen LogP contribution in [0.15, 0.2) is 35.1 Å². The number of hydrogen-bond acceptors (Lipinski definition) is 3. The Bertz CT molecular complexity index is 501. The molecular formula is C10H10N4O2. The number of hydrogen-bond donors (Lipinski definition) is 2. The summed E-state index contributed by atoms with van der Waals surface area (Å²) in [6, 6.07) is 2.81. The second-order valence-electron chi connectivity index (χ2n) is 3.38. The maximum atomic E-state index is 9.54. The van der Waals surface area contributed by atoms with E-state index in [1.54, 1.807) is 12.2 Å². The highest BCUT2D eigenvalue weighted by atomic mass is 16.3. The van der Waals surface area contributed by atoms with Crippen LogP contribution in [-0.2, 0) is 0 Å². The average molecular weight is 218 g/mol. The molecular weight excluding hydrogens is 208 g/mol. The van der Waals surface area contributed by atoms with Crippen molar-refractivity contribution in [2.24, 2.45) is 5.11 Å². The fourth-order valence-corrected chi connectivity index (χ4v) is 1.68. The van der Waals surface area contributed by atoms with Crippen LogP contribution in [0.4, 0.5) is 0 Å². The number of allylic oxidation sites excluding steroid dienone is 3. The first-order valence-electron chi connectivity index (χ1n) is 4.78. The predicted molar refractivity (Wildman–Crippen MR) is 58.5 cm³/mol. The Labute approximate surface area is 91.4 Å². The third-order valence-electron chi connectivity index (χ3n) is 2.36. The van der Waals surface area contributed by atoms with E-state index in [0.717, 1.165) is 0 Å². The van der Waals surface area contributed by atoms with Crippen LogP contribution in [0.25, 0.3) is 16.1 Å². The Balaban J connectivity index is 2.42. The van der Waals surface area contributed by atoms with E-state index in [2.05, 4.69) is 10.0 Å². The van der Waals surface area contributed by atoms with Gasteiger partial charge in [0.05, 0.1) is 0 Å². The number of azide groups is 1. The molecule has 82 valence electrons. The molecule has 0 atom stereocenters. The van der Waals surface area contributed by atoms with Gasteiger partial charge in [-0.1, -0.05) is 11.2 Å². The van der Waals surface area contributed by atoms with E-state index >= 15 is 0 Å². The molecule has 0 amide bonds. The SMILES string of the molecule is [N-]=[N+]=NC1=CCCC(n2c(O)ccc2O)=C1. The molecule has 1 aliphatic rings. The van der Waals surface area contributed by atoms with Crippen molar-refractivity contribution < 1.29 is 10.2 Å². The van der Waals surface area contributed by atoms with E-state index in [9.17, 15) is 10.2 Å². The molecule has 0 radical (unpaired) electrons. The van der Waals surface area contributed by atoms with Crippen LogP contribution in [-0.4, -0.2) is 14.8 Å². The van der Waals surface area contributed by atoms with Gasteiger partial charge in [-0.15, -0.1) is 0 Å². The Morgan fingerprint density at radius 2 is 2.00 bits per heavy atom. The van der Waals surface area contributed by atoms with E-state index in [0.29, 0.717) is 24.2 Å². The van der Waals surface area contributed by atoms with Gasteiger partial charge in [0.1, 0.15) is 0 Å². The lowest BCUT2D eigenvalue weighted by atomic mass is 10.1. The van der Waals surface area contributed by atoms with Gasteiger partial charge >= 0.3 is 0 Å². The van der Waals surface area contributed by atoms with Gasteiger partial charge in [0, 0.05) is 28.4 Å². The van der Waals surface area contributed by atoms with E-state index in [1.165, 1.54) is 16.7 Å². The average Bonchev–Trinajstić information content (AvgIpc) is 2.59. The molecule has 0 fully saturated rings. The van der Waals surface area contributed by atoms with Gasteiger partial charge in [-0.3, -0.25) is 4.57 Å². The van der Waals surface area contributed by atoms with Crippen LogP contribution >= 0.6 is 0 Å². The summed E-state index contributed by atoms with van der Waals surface area (Å²) in [7, 11) is 0. The summed E-state index contributed by atoms with van der Waals surface area (Å²) in [5, 5.41) is 22.6. The highest BCUT2D eigenvalue weighted by Gasteiger charge is 2.13. The Kier molecular flexibility index (Phi) is 2.57. The molecule has 0 saturated heterocycles. The molecule has 0 unspecified atom stereocenters. The van der Waals surface area contributed by atoms with E-state index in [4.69, 9.17) is 5.53 Å². The van der Waals surface area contributed by atoms with Crippen molar-refractivity contribution in [3.8, 4) is 11.8 Å². The van der Waals surface area contributed by atoms with Crippen molar-refractivity contribution in [1.82, 2.24) is 4.57 Å². The lowest BCUT2D eigenvalue weighted by Gasteiger charge is -2.14. The standard InChI is InChI=1S/C10H10N4O2/c11-13-12-7-2-1-3-8(6-7)14-9(15)4-5-10(14)16/h2,4-6,15-16H,1,3H2. The van der Waals surface area contributed by atoms with Crippen LogP contribution in [0.2, 0.25) is 0 Å². The summed E-state index contributed by atoms with van der Waals surface area (Å²) in [5.41, 5.74) is 9.52. The molecule has 0 saturated carbocycles. The fraction of sp³-hybridized carbons (Fsp3) is 0.200. The van der Waals surface area contributed by atoms with Gasteiger partial charge in [0.25, 0.3) is 0 Å². The van der Waals surface area contributed by atoms with Crippen molar-refractivity contribution in [2.75, 3.05) is 0 Å². The lowest BCUT2D eigenvalue weighted by Crippen LogP contribution is -1.99. The number of aromatic nitrogens is 1. The number of aromatic hydroxyl groups is 2. The molecule has 0 bridgehead atoms. The summed E-state index contributed by atoms with van der Waals surface area (Å²) in [6.07, 6.45) is 4.82. The molecule has 0 spiro atoms. The highest BCUT2D eigenvalue weighted by molar-refractivity contribution is 5.58. The zero-order chi connectivity index (χ0) is 11.5. The quantitative estimate of drug-likeness (QED) is 0.453. The van der Waals surface area contributed by atoms with Crippen LogP contribution < -0.4 is 0 Å². The summed E-state index contributed by atoms with van der Waals surface area (Å²) >= 11 is 0. The summed E-state index contributed by atoms with van der Waals surface area (Å²) < 4.78 is 1.32. The molecule has 16 heavy (non-hydrogen) atoms. The number of nitrogens with zero attached hydrogens (tertiary/aromatic N) is 4. The molecule has 2 N–H and O–H groups in total. The Hall–Kier alpha value is -2.33. The molecule has 1 heterocycles. The van der Waals surface area contributed by atoms with Gasteiger partial charge < -0.3 is 10.2 Å². The zero-order valence-electron chi connectivity index (χ0n) is 8.41. The molecule has 1 aliphatic carbocycles. The molecule has 0 aromatic carbocycles. The molecule has 0 aliphatic heterocycles. The fourth-order valence-electron chi connectivity index (χ4n) is 1.68. The van der Waals surface area contributed by atoms with Crippen LogP contribution in [0.1, 0.15) is 12.8 Å². The minimum Gasteiger partial charge on any atom is -0.494 e. The van der Waals surface area contributed by atoms with Gasteiger partial charge in [-0.05, 0) is 24.4 Å². The second kappa shape index (κ2) is 4.04. The molecule has 1 aromatic heterocycles. The van der Waals surface area contributed by atoms with Crippen LogP contribution in [0.3, 0.4) is 0 Å². The van der Waals surface area contributed by atoms with E-state index in [1.807, 2.05) is 0 Å². The van der Waals surface area contributed by atoms with Crippen LogP contribution in [0, 0.1) is 0 Å². The minimum absolute atomic E-state index is 0.0362. The van der Waals surface area contributed by atoms with Gasteiger partial charge in [-0.25, -0.2) is 0 Å². The summed E-state index contributed by atoms with van der Waals surface area (Å²) in [5.74, 6) is -0.0723. The van der Waals surface area contributed by atoms with Gasteiger partial charge in [-0.2, -0.15) is 0 Å². The maximum Gasteiger partial charge on any atom is 0.198 e. The predicted octanol–water partition coefficient (Wildman–Crippen LogP) is 2.73. The van der Waals surface area contributed by atoms with Crippen molar-refractivity contribution >= 4 is 5.70 Å². The third-order valence-corrected chi connectivity index (χ3v) is 2.36. The summed E-state index contributed by atoms with van der Waals surface area (Å²) in [6.45, 7) is 0. The van der Waals surface area contributed by atoms with E-state index < -0.39 is 0 Å². The third kappa shape index (κ3) is 1.74. The molecule has 1 aromatic rings. The van der Waals surface area contributed by atoms with Crippen molar-refractivity contribution in [1.29, 1.82) is 0 Å². The monoisotopic (exact) mass is 218 g/mol. The summed E-state index contributed by atoms with van der Waals surface area (Å²) in [4.78, 5) is 2.70. The normalized spacial score (nSPS) is 15.0. The van der Waals surface area contributed by atoms with Gasteiger partial charge in [0.15, 0.2) is 11.8 Å². The first-order valence-corrected chi connectivity index (χ1v) is 4.78. The Morgan fingerprint density at radius 3 is 2.62 bits per heavy atom. The minimum atomic E-state index is -0.0362. The van der Waals surface area contributed by atoms with Crippen molar-refractivity contribution in [3.63, 3.8) is 0 Å². The van der Waals surface area contributed by atoms with Gasteiger partial charge in [0.2, 0.25) is 0 Å². The second-order valence-corrected chi connectivity index (χ2v) is 3.38. The highest BCUT2D eigenvalue weighted by Crippen LogP contribution is 2.31. The first-order chi connectivity index (χ1) is 7.72. The first kappa shape index (κ1) is 10.2. The topological polar surface area (TPSA) is 94.2 Å². The number of rotatable bonds is 2. The zero-order valence-corrected chi connectivity index (χ0v) is 8.41. The maximum absolute atomic E-state index is 9.54. The smallest absolute Gasteiger partial charge is 0.198 e. The largest absolute Gasteiger partial charge is 0.494 e.